The minimum atomic E-state index is -1.56. The Bertz CT molecular complexity index is 399. The SMILES string of the molecule is CCCCC(CCCC)C(C)(N=NC(C)(C)C(=O)[O-])C(=O)[O-]. The maximum absolute atomic E-state index is 11.6. The van der Waals surface area contributed by atoms with Crippen LogP contribution < -0.4 is 10.2 Å². The normalized spacial score (nSPS) is 15.2. The molecule has 0 aromatic rings. The second kappa shape index (κ2) is 8.86. The van der Waals surface area contributed by atoms with Crippen LogP contribution in [-0.4, -0.2) is 23.0 Å². The van der Waals surface area contributed by atoms with E-state index in [2.05, 4.69) is 10.2 Å². The average molecular weight is 312 g/mol. The topological polar surface area (TPSA) is 105 Å². The summed E-state index contributed by atoms with van der Waals surface area (Å²) < 4.78 is 0. The van der Waals surface area contributed by atoms with Gasteiger partial charge in [-0.25, -0.2) is 0 Å². The highest BCUT2D eigenvalue weighted by Gasteiger charge is 2.36. The van der Waals surface area contributed by atoms with Crippen LogP contribution in [0.3, 0.4) is 0 Å². The smallest absolute Gasteiger partial charge is 0.121 e. The van der Waals surface area contributed by atoms with Crippen LogP contribution in [0.1, 0.15) is 73.1 Å². The third-order valence-electron chi connectivity index (χ3n) is 4.03. The zero-order chi connectivity index (χ0) is 17.4. The second-order valence-electron chi connectivity index (χ2n) is 6.46. The van der Waals surface area contributed by atoms with Crippen molar-refractivity contribution in [2.75, 3.05) is 0 Å². The van der Waals surface area contributed by atoms with Gasteiger partial charge in [0.05, 0.1) is 11.9 Å². The van der Waals surface area contributed by atoms with Gasteiger partial charge in [-0.15, -0.1) is 0 Å². The molecule has 1 unspecified atom stereocenters. The van der Waals surface area contributed by atoms with Gasteiger partial charge in [-0.1, -0.05) is 39.5 Å². The van der Waals surface area contributed by atoms with Crippen molar-refractivity contribution in [3.8, 4) is 0 Å². The van der Waals surface area contributed by atoms with Gasteiger partial charge in [-0.05, 0) is 39.5 Å². The van der Waals surface area contributed by atoms with Crippen LogP contribution >= 0.6 is 0 Å². The Labute approximate surface area is 133 Å². The van der Waals surface area contributed by atoms with Crippen molar-refractivity contribution >= 4 is 11.9 Å². The summed E-state index contributed by atoms with van der Waals surface area (Å²) in [5.41, 5.74) is -3.08. The lowest BCUT2D eigenvalue weighted by Crippen LogP contribution is -2.50. The number of carboxylic acid groups (broad SMARTS) is 2. The fourth-order valence-electron chi connectivity index (χ4n) is 2.17. The lowest BCUT2D eigenvalue weighted by Gasteiger charge is -2.35. The molecule has 0 aliphatic carbocycles. The molecular formula is C16H28N2O4-2. The van der Waals surface area contributed by atoms with Crippen molar-refractivity contribution in [2.24, 2.45) is 16.1 Å². The monoisotopic (exact) mass is 312 g/mol. The minimum absolute atomic E-state index is 0.223. The van der Waals surface area contributed by atoms with Crippen molar-refractivity contribution < 1.29 is 19.8 Å². The largest absolute Gasteiger partial charge is 0.547 e. The standard InChI is InChI=1S/C16H30N2O4/c1-6-8-10-12(11-9-7-2)16(5,14(21)22)18-17-15(3,4)13(19)20/h12H,6-11H2,1-5H3,(H,19,20)(H,21,22)/p-2. The Balaban J connectivity index is 5.44. The second-order valence-corrected chi connectivity index (χ2v) is 6.46. The van der Waals surface area contributed by atoms with Crippen LogP contribution in [0.5, 0.6) is 0 Å². The number of nitrogens with zero attached hydrogens (tertiary/aromatic N) is 2. The van der Waals surface area contributed by atoms with Crippen LogP contribution in [0.15, 0.2) is 10.2 Å². The molecule has 0 heterocycles. The van der Waals surface area contributed by atoms with Gasteiger partial charge in [0.1, 0.15) is 11.1 Å². The first kappa shape index (κ1) is 20.5. The van der Waals surface area contributed by atoms with Crippen molar-refractivity contribution in [3.63, 3.8) is 0 Å². The van der Waals surface area contributed by atoms with Crippen molar-refractivity contribution in [3.05, 3.63) is 0 Å². The van der Waals surface area contributed by atoms with E-state index in [-0.39, 0.29) is 5.92 Å². The molecule has 0 aliphatic rings. The molecule has 0 aliphatic heterocycles. The zero-order valence-electron chi connectivity index (χ0n) is 14.3. The van der Waals surface area contributed by atoms with Crippen molar-refractivity contribution in [1.29, 1.82) is 0 Å². The lowest BCUT2D eigenvalue weighted by molar-refractivity contribution is -0.316. The fraction of sp³-hybridized carbons (Fsp3) is 0.875. The number of carboxylic acids is 2. The molecule has 0 rings (SSSR count). The molecule has 0 bridgehead atoms. The van der Waals surface area contributed by atoms with E-state index in [0.717, 1.165) is 25.7 Å². The molecule has 0 aromatic carbocycles. The molecule has 1 atom stereocenters. The summed E-state index contributed by atoms with van der Waals surface area (Å²) in [5, 5.41) is 30.3. The van der Waals surface area contributed by atoms with Gasteiger partial charge in [0.25, 0.3) is 0 Å². The quantitative estimate of drug-likeness (QED) is 0.539. The minimum Gasteiger partial charge on any atom is -0.547 e. The molecule has 0 N–H and O–H groups in total. The molecule has 0 amide bonds. The molecular weight excluding hydrogens is 284 g/mol. The van der Waals surface area contributed by atoms with Gasteiger partial charge < -0.3 is 19.8 Å². The van der Waals surface area contributed by atoms with Gasteiger partial charge in [0.2, 0.25) is 0 Å². The van der Waals surface area contributed by atoms with Gasteiger partial charge >= 0.3 is 0 Å². The summed E-state index contributed by atoms with van der Waals surface area (Å²) in [7, 11) is 0. The Morgan fingerprint density at radius 2 is 1.36 bits per heavy atom. The van der Waals surface area contributed by atoms with Crippen LogP contribution in [0.25, 0.3) is 0 Å². The first-order valence-electron chi connectivity index (χ1n) is 7.98. The zero-order valence-corrected chi connectivity index (χ0v) is 14.3. The van der Waals surface area contributed by atoms with E-state index in [1.165, 1.54) is 20.8 Å². The van der Waals surface area contributed by atoms with E-state index < -0.39 is 23.0 Å². The number of rotatable bonds is 11. The number of carbonyl (C=O) groups excluding carboxylic acids is 2. The number of azo groups is 1. The highest BCUT2D eigenvalue weighted by molar-refractivity contribution is 5.77. The number of hydrogen-bond acceptors (Lipinski definition) is 6. The fourth-order valence-corrected chi connectivity index (χ4v) is 2.17. The highest BCUT2D eigenvalue weighted by Crippen LogP contribution is 2.32. The Morgan fingerprint density at radius 1 is 0.909 bits per heavy atom. The van der Waals surface area contributed by atoms with E-state index >= 15 is 0 Å². The van der Waals surface area contributed by atoms with Gasteiger partial charge in [0, 0.05) is 0 Å². The molecule has 0 saturated carbocycles. The van der Waals surface area contributed by atoms with E-state index in [1.807, 2.05) is 13.8 Å². The van der Waals surface area contributed by atoms with Gasteiger partial charge in [0.15, 0.2) is 0 Å². The molecule has 128 valence electrons. The van der Waals surface area contributed by atoms with E-state index in [9.17, 15) is 19.8 Å². The Hall–Kier alpha value is -1.46. The maximum atomic E-state index is 11.6. The Kier molecular flexibility index (Phi) is 8.27. The molecule has 6 heteroatoms. The third-order valence-corrected chi connectivity index (χ3v) is 4.03. The van der Waals surface area contributed by atoms with Crippen LogP contribution in [0, 0.1) is 5.92 Å². The summed E-state index contributed by atoms with van der Waals surface area (Å²) in [5.74, 6) is -2.93. The third kappa shape index (κ3) is 5.73. The highest BCUT2D eigenvalue weighted by atomic mass is 16.4. The average Bonchev–Trinajstić information content (AvgIpc) is 2.44. The molecule has 22 heavy (non-hydrogen) atoms. The molecule has 0 fully saturated rings. The predicted molar refractivity (Wildman–Crippen MR) is 79.9 cm³/mol. The summed E-state index contributed by atoms with van der Waals surface area (Å²) >= 11 is 0. The van der Waals surface area contributed by atoms with E-state index in [0.29, 0.717) is 12.8 Å². The van der Waals surface area contributed by atoms with Crippen molar-refractivity contribution in [1.82, 2.24) is 0 Å². The molecule has 6 nitrogen and oxygen atoms in total. The van der Waals surface area contributed by atoms with Crippen molar-refractivity contribution in [2.45, 2.75) is 84.2 Å². The van der Waals surface area contributed by atoms with Gasteiger partial charge in [-0.3, -0.25) is 0 Å². The first-order chi connectivity index (χ1) is 10.1. The van der Waals surface area contributed by atoms with Gasteiger partial charge in [-0.2, -0.15) is 10.2 Å². The first-order valence-corrected chi connectivity index (χ1v) is 7.98. The van der Waals surface area contributed by atoms with Crippen LogP contribution in [0.2, 0.25) is 0 Å². The molecule has 0 spiro atoms. The van der Waals surface area contributed by atoms with Crippen LogP contribution in [-0.2, 0) is 9.59 Å². The Morgan fingerprint density at radius 3 is 1.68 bits per heavy atom. The molecule has 0 aromatic heterocycles. The summed E-state index contributed by atoms with van der Waals surface area (Å²) in [6, 6.07) is 0. The summed E-state index contributed by atoms with van der Waals surface area (Å²) in [4.78, 5) is 22.6. The maximum Gasteiger partial charge on any atom is 0.121 e. The number of carbonyl (C=O) groups is 2. The van der Waals surface area contributed by atoms with Crippen LogP contribution in [0.4, 0.5) is 0 Å². The molecule has 0 saturated heterocycles. The summed E-state index contributed by atoms with van der Waals surface area (Å²) in [6.45, 7) is 8.19. The molecule has 0 radical (unpaired) electrons. The van der Waals surface area contributed by atoms with E-state index in [1.54, 1.807) is 0 Å². The van der Waals surface area contributed by atoms with E-state index in [4.69, 9.17) is 0 Å². The summed E-state index contributed by atoms with van der Waals surface area (Å²) in [6.07, 6.45) is 5.08. The predicted octanol–water partition coefficient (Wildman–Crippen LogP) is 1.47. The number of hydrogen-bond donors (Lipinski definition) is 0. The number of unbranched alkanes of at least 4 members (excludes halogenated alkanes) is 2. The lowest BCUT2D eigenvalue weighted by atomic mass is 9.79. The number of aliphatic carboxylic acids is 2.